The van der Waals surface area contributed by atoms with Crippen molar-refractivity contribution in [3.63, 3.8) is 0 Å². The van der Waals surface area contributed by atoms with E-state index in [-0.39, 0.29) is 5.91 Å². The van der Waals surface area contributed by atoms with Gasteiger partial charge in [-0.1, -0.05) is 18.2 Å². The number of hydrogen-bond donors (Lipinski definition) is 2. The second kappa shape index (κ2) is 6.98. The lowest BCUT2D eigenvalue weighted by atomic mass is 10.2. The van der Waals surface area contributed by atoms with Crippen molar-refractivity contribution in [3.05, 3.63) is 65.9 Å². The van der Waals surface area contributed by atoms with Gasteiger partial charge >= 0.3 is 0 Å². The van der Waals surface area contributed by atoms with Crippen molar-refractivity contribution in [3.8, 4) is 0 Å². The maximum absolute atomic E-state index is 12.1. The predicted octanol–water partition coefficient (Wildman–Crippen LogP) is 2.78. The third kappa shape index (κ3) is 4.60. The Morgan fingerprint density at radius 2 is 1.80 bits per heavy atom. The summed E-state index contributed by atoms with van der Waals surface area (Å²) >= 11 is 0. The highest BCUT2D eigenvalue weighted by atomic mass is 32.2. The Balaban J connectivity index is 1.55. The molecule has 6 nitrogen and oxygen atoms in total. The van der Waals surface area contributed by atoms with E-state index in [1.165, 1.54) is 0 Å². The number of nitrogens with one attached hydrogen (secondary N) is 2. The summed E-state index contributed by atoms with van der Waals surface area (Å²) in [7, 11) is -3.33. The maximum Gasteiger partial charge on any atom is 0.251 e. The maximum atomic E-state index is 12.1. The molecule has 0 spiro atoms. The van der Waals surface area contributed by atoms with Gasteiger partial charge in [-0.25, -0.2) is 8.42 Å². The van der Waals surface area contributed by atoms with Crippen LogP contribution < -0.4 is 10.0 Å². The van der Waals surface area contributed by atoms with Crippen LogP contribution in [0, 0.1) is 0 Å². The van der Waals surface area contributed by atoms with Gasteiger partial charge in [0.15, 0.2) is 0 Å². The number of carbonyl (C=O) groups is 1. The summed E-state index contributed by atoms with van der Waals surface area (Å²) in [4.78, 5) is 12.1. The van der Waals surface area contributed by atoms with E-state index in [1.807, 2.05) is 30.3 Å². The first-order valence-electron chi connectivity index (χ1n) is 7.74. The number of benzene rings is 2. The van der Waals surface area contributed by atoms with Gasteiger partial charge in [-0.2, -0.15) is 0 Å². The Labute approximate surface area is 145 Å². The fourth-order valence-corrected chi connectivity index (χ4v) is 3.03. The van der Waals surface area contributed by atoms with Crippen molar-refractivity contribution in [2.24, 2.45) is 0 Å². The molecule has 7 heteroatoms. The molecule has 1 heterocycles. The largest absolute Gasteiger partial charge is 0.461 e. The van der Waals surface area contributed by atoms with Gasteiger partial charge in [0.2, 0.25) is 10.0 Å². The Bertz CT molecular complexity index is 958. The lowest BCUT2D eigenvalue weighted by Crippen LogP contribution is -2.25. The Hall–Kier alpha value is -2.80. The highest BCUT2D eigenvalue weighted by Crippen LogP contribution is 2.18. The van der Waals surface area contributed by atoms with Gasteiger partial charge in [0, 0.05) is 29.6 Å². The molecule has 0 radical (unpaired) electrons. The van der Waals surface area contributed by atoms with Crippen molar-refractivity contribution in [2.45, 2.75) is 6.42 Å². The van der Waals surface area contributed by atoms with Crippen LogP contribution >= 0.6 is 0 Å². The quantitative estimate of drug-likeness (QED) is 0.709. The third-order valence-electron chi connectivity index (χ3n) is 3.58. The monoisotopic (exact) mass is 358 g/mol. The molecule has 3 aromatic rings. The first-order valence-corrected chi connectivity index (χ1v) is 9.63. The zero-order chi connectivity index (χ0) is 17.9. The number of furan rings is 1. The SMILES string of the molecule is CS(=O)(=O)Nc1ccc(C(=O)NCCc2cc3ccccc3o2)cc1. The Kier molecular flexibility index (Phi) is 4.76. The molecule has 2 N–H and O–H groups in total. The van der Waals surface area contributed by atoms with Crippen LogP contribution in [-0.4, -0.2) is 27.1 Å². The van der Waals surface area contributed by atoms with Crippen LogP contribution in [0.15, 0.2) is 59.0 Å². The zero-order valence-corrected chi connectivity index (χ0v) is 14.5. The number of hydrogen-bond acceptors (Lipinski definition) is 4. The first-order chi connectivity index (χ1) is 11.9. The van der Waals surface area contributed by atoms with Gasteiger partial charge < -0.3 is 9.73 Å². The molecule has 0 fully saturated rings. The van der Waals surface area contributed by atoms with E-state index < -0.39 is 10.0 Å². The van der Waals surface area contributed by atoms with E-state index in [4.69, 9.17) is 4.42 Å². The summed E-state index contributed by atoms with van der Waals surface area (Å²) in [6.45, 7) is 0.446. The minimum Gasteiger partial charge on any atom is -0.461 e. The molecular formula is C18H18N2O4S. The summed E-state index contributed by atoms with van der Waals surface area (Å²) in [6.07, 6.45) is 1.67. The van der Waals surface area contributed by atoms with Crippen molar-refractivity contribution in [2.75, 3.05) is 17.5 Å². The molecular weight excluding hydrogens is 340 g/mol. The zero-order valence-electron chi connectivity index (χ0n) is 13.7. The highest BCUT2D eigenvalue weighted by molar-refractivity contribution is 7.92. The van der Waals surface area contributed by atoms with E-state index in [0.717, 1.165) is 23.0 Å². The van der Waals surface area contributed by atoms with Gasteiger partial charge in [-0.05, 0) is 36.4 Å². The molecule has 1 aromatic heterocycles. The van der Waals surface area contributed by atoms with Crippen LogP contribution in [0.2, 0.25) is 0 Å². The van der Waals surface area contributed by atoms with Crippen LogP contribution in [0.1, 0.15) is 16.1 Å². The summed E-state index contributed by atoms with van der Waals surface area (Å²) in [6, 6.07) is 16.0. The molecule has 0 aliphatic carbocycles. The average Bonchev–Trinajstić information content (AvgIpc) is 2.96. The lowest BCUT2D eigenvalue weighted by molar-refractivity contribution is 0.0954. The molecule has 25 heavy (non-hydrogen) atoms. The smallest absolute Gasteiger partial charge is 0.251 e. The number of fused-ring (bicyclic) bond motifs is 1. The fraction of sp³-hybridized carbons (Fsp3) is 0.167. The minimum atomic E-state index is -3.33. The van der Waals surface area contributed by atoms with Gasteiger partial charge in [0.25, 0.3) is 5.91 Å². The van der Waals surface area contributed by atoms with Gasteiger partial charge in [0.05, 0.1) is 6.26 Å². The molecule has 0 aliphatic rings. The lowest BCUT2D eigenvalue weighted by Gasteiger charge is -2.06. The fourth-order valence-electron chi connectivity index (χ4n) is 2.47. The topological polar surface area (TPSA) is 88.4 Å². The summed E-state index contributed by atoms with van der Waals surface area (Å²) in [5, 5.41) is 3.86. The van der Waals surface area contributed by atoms with Gasteiger partial charge in [0.1, 0.15) is 11.3 Å². The van der Waals surface area contributed by atoms with Crippen LogP contribution in [0.3, 0.4) is 0 Å². The molecule has 0 unspecified atom stereocenters. The van der Waals surface area contributed by atoms with E-state index in [9.17, 15) is 13.2 Å². The Morgan fingerprint density at radius 3 is 2.48 bits per heavy atom. The van der Waals surface area contributed by atoms with Crippen molar-refractivity contribution < 1.29 is 17.6 Å². The molecule has 0 saturated carbocycles. The number of para-hydroxylation sites is 1. The number of sulfonamides is 1. The number of anilines is 1. The predicted molar refractivity (Wildman–Crippen MR) is 97.2 cm³/mol. The van der Waals surface area contributed by atoms with Crippen LogP contribution in [-0.2, 0) is 16.4 Å². The van der Waals surface area contributed by atoms with E-state index >= 15 is 0 Å². The molecule has 0 bridgehead atoms. The van der Waals surface area contributed by atoms with Crippen molar-refractivity contribution >= 4 is 32.6 Å². The molecule has 0 atom stereocenters. The highest BCUT2D eigenvalue weighted by Gasteiger charge is 2.08. The summed E-state index contributed by atoms with van der Waals surface area (Å²) < 4.78 is 30.4. The second-order valence-corrected chi connectivity index (χ2v) is 7.46. The number of carbonyl (C=O) groups excluding carboxylic acids is 1. The number of rotatable bonds is 6. The van der Waals surface area contributed by atoms with Gasteiger partial charge in [-0.15, -0.1) is 0 Å². The summed E-state index contributed by atoms with van der Waals surface area (Å²) in [5.41, 5.74) is 1.71. The average molecular weight is 358 g/mol. The van der Waals surface area contributed by atoms with Crippen molar-refractivity contribution in [1.82, 2.24) is 5.32 Å². The molecule has 0 saturated heterocycles. The molecule has 130 valence electrons. The van der Waals surface area contributed by atoms with Gasteiger partial charge in [-0.3, -0.25) is 9.52 Å². The molecule has 1 amide bonds. The Morgan fingerprint density at radius 1 is 1.08 bits per heavy atom. The second-order valence-electron chi connectivity index (χ2n) is 5.71. The molecule has 2 aromatic carbocycles. The number of amides is 1. The van der Waals surface area contributed by atoms with E-state index in [0.29, 0.717) is 24.2 Å². The standard InChI is InChI=1S/C18H18N2O4S/c1-25(22,23)20-15-8-6-13(7-9-15)18(21)19-11-10-16-12-14-4-2-3-5-17(14)24-16/h2-9,12,20H,10-11H2,1H3,(H,19,21). The van der Waals surface area contributed by atoms with E-state index in [2.05, 4.69) is 10.0 Å². The van der Waals surface area contributed by atoms with Crippen LogP contribution in [0.4, 0.5) is 5.69 Å². The third-order valence-corrected chi connectivity index (χ3v) is 4.19. The van der Waals surface area contributed by atoms with Crippen LogP contribution in [0.5, 0.6) is 0 Å². The first kappa shape index (κ1) is 17.0. The summed E-state index contributed by atoms with van der Waals surface area (Å²) in [5.74, 6) is 0.594. The molecule has 0 aliphatic heterocycles. The minimum absolute atomic E-state index is 0.220. The molecule has 3 rings (SSSR count). The normalized spacial score (nSPS) is 11.4. The van der Waals surface area contributed by atoms with E-state index in [1.54, 1.807) is 24.3 Å². The van der Waals surface area contributed by atoms with Crippen molar-refractivity contribution in [1.29, 1.82) is 0 Å². The van der Waals surface area contributed by atoms with Crippen LogP contribution in [0.25, 0.3) is 11.0 Å².